The Balaban J connectivity index is 2.62. The van der Waals surface area contributed by atoms with Crippen LogP contribution in [0, 0.1) is 6.92 Å². The van der Waals surface area contributed by atoms with E-state index in [4.69, 9.17) is 5.73 Å². The number of aryl methyl sites for hydroxylation is 1. The summed E-state index contributed by atoms with van der Waals surface area (Å²) in [6.07, 6.45) is 5.32. The van der Waals surface area contributed by atoms with Crippen molar-refractivity contribution in [2.75, 3.05) is 19.3 Å². The monoisotopic (exact) mass is 190 g/mol. The lowest BCUT2D eigenvalue weighted by Gasteiger charge is -1.99. The van der Waals surface area contributed by atoms with Crippen molar-refractivity contribution in [1.82, 2.24) is 5.32 Å². The Bertz CT molecular complexity index is 296. The zero-order chi connectivity index (χ0) is 10.4. The predicted octanol–water partition coefficient (Wildman–Crippen LogP) is 2.20. The highest BCUT2D eigenvalue weighted by Gasteiger charge is 1.91. The summed E-state index contributed by atoms with van der Waals surface area (Å²) in [5.74, 6) is 0. The van der Waals surface area contributed by atoms with Crippen molar-refractivity contribution >= 4 is 11.8 Å². The molecule has 1 rings (SSSR count). The van der Waals surface area contributed by atoms with Crippen LogP contribution >= 0.6 is 0 Å². The van der Waals surface area contributed by atoms with Gasteiger partial charge >= 0.3 is 0 Å². The number of hydrogen-bond donors (Lipinski definition) is 2. The molecular weight excluding hydrogens is 172 g/mol. The van der Waals surface area contributed by atoms with Crippen LogP contribution in [0.25, 0.3) is 6.08 Å². The number of nitrogens with two attached hydrogens (primary N) is 1. The Kier molecular flexibility index (Phi) is 4.20. The van der Waals surface area contributed by atoms with E-state index in [2.05, 4.69) is 30.5 Å². The van der Waals surface area contributed by atoms with Gasteiger partial charge in [0, 0.05) is 5.69 Å². The molecule has 1 aromatic carbocycles. The molecule has 0 amide bonds. The maximum atomic E-state index is 5.74. The molecule has 2 nitrogen and oxygen atoms in total. The van der Waals surface area contributed by atoms with Gasteiger partial charge in [0.15, 0.2) is 0 Å². The minimum Gasteiger partial charge on any atom is -0.399 e. The van der Waals surface area contributed by atoms with Gasteiger partial charge in [0.2, 0.25) is 0 Å². The smallest absolute Gasteiger partial charge is 0.0322 e. The lowest BCUT2D eigenvalue weighted by Crippen LogP contribution is -2.05. The fourth-order valence-electron chi connectivity index (χ4n) is 1.39. The largest absolute Gasteiger partial charge is 0.399 e. The highest BCUT2D eigenvalue weighted by atomic mass is 14.8. The molecule has 76 valence electrons. The molecule has 0 aliphatic rings. The Morgan fingerprint density at radius 1 is 1.36 bits per heavy atom. The van der Waals surface area contributed by atoms with E-state index in [0.29, 0.717) is 0 Å². The second-order valence-electron chi connectivity index (χ2n) is 3.47. The molecule has 0 bridgehead atoms. The number of anilines is 1. The molecule has 14 heavy (non-hydrogen) atoms. The normalized spacial score (nSPS) is 11.0. The van der Waals surface area contributed by atoms with E-state index in [1.807, 2.05) is 19.2 Å². The average Bonchev–Trinajstić information content (AvgIpc) is 2.11. The predicted molar refractivity (Wildman–Crippen MR) is 63.2 cm³/mol. The van der Waals surface area contributed by atoms with Crippen molar-refractivity contribution in [3.63, 3.8) is 0 Å². The van der Waals surface area contributed by atoms with Gasteiger partial charge in [-0.25, -0.2) is 0 Å². The summed E-state index contributed by atoms with van der Waals surface area (Å²) in [7, 11) is 1.96. The Labute approximate surface area is 85.8 Å². The Morgan fingerprint density at radius 3 is 2.79 bits per heavy atom. The quantitative estimate of drug-likeness (QED) is 0.564. The molecule has 0 saturated heterocycles. The summed E-state index contributed by atoms with van der Waals surface area (Å²) < 4.78 is 0. The van der Waals surface area contributed by atoms with Gasteiger partial charge in [-0.15, -0.1) is 0 Å². The molecule has 0 fully saturated rings. The number of hydrogen-bond acceptors (Lipinski definition) is 2. The van der Waals surface area contributed by atoms with Crippen LogP contribution in [-0.2, 0) is 0 Å². The van der Waals surface area contributed by atoms with Crippen LogP contribution in [0.5, 0.6) is 0 Å². The maximum Gasteiger partial charge on any atom is 0.0322 e. The second-order valence-corrected chi connectivity index (χ2v) is 3.47. The van der Waals surface area contributed by atoms with Crippen molar-refractivity contribution in [3.05, 3.63) is 35.4 Å². The summed E-state index contributed by atoms with van der Waals surface area (Å²) in [4.78, 5) is 0. The standard InChI is InChI=1S/C12H18N2/c1-10-7-11(9-12(13)8-10)5-3-4-6-14-2/h3,5,7-9,14H,4,6,13H2,1-2H3. The van der Waals surface area contributed by atoms with Crippen LogP contribution in [0.15, 0.2) is 24.3 Å². The zero-order valence-corrected chi connectivity index (χ0v) is 8.88. The summed E-state index contributed by atoms with van der Waals surface area (Å²) in [6, 6.07) is 6.10. The van der Waals surface area contributed by atoms with Crippen molar-refractivity contribution in [2.45, 2.75) is 13.3 Å². The Morgan fingerprint density at radius 2 is 2.14 bits per heavy atom. The molecule has 0 unspecified atom stereocenters. The molecule has 0 aromatic heterocycles. The fourth-order valence-corrected chi connectivity index (χ4v) is 1.39. The van der Waals surface area contributed by atoms with Gasteiger partial charge in [0.25, 0.3) is 0 Å². The first-order valence-electron chi connectivity index (χ1n) is 4.90. The van der Waals surface area contributed by atoms with Crippen LogP contribution < -0.4 is 11.1 Å². The first kappa shape index (κ1) is 10.8. The van der Waals surface area contributed by atoms with E-state index in [9.17, 15) is 0 Å². The van der Waals surface area contributed by atoms with Crippen LogP contribution in [0.2, 0.25) is 0 Å². The van der Waals surface area contributed by atoms with E-state index in [1.54, 1.807) is 0 Å². The van der Waals surface area contributed by atoms with Crippen molar-refractivity contribution in [1.29, 1.82) is 0 Å². The first-order chi connectivity index (χ1) is 6.72. The molecule has 0 aliphatic carbocycles. The van der Waals surface area contributed by atoms with Gasteiger partial charge in [-0.1, -0.05) is 18.2 Å². The van der Waals surface area contributed by atoms with E-state index in [1.165, 1.54) is 11.1 Å². The third kappa shape index (κ3) is 3.62. The molecule has 2 heteroatoms. The van der Waals surface area contributed by atoms with E-state index in [0.717, 1.165) is 18.7 Å². The molecule has 0 saturated carbocycles. The van der Waals surface area contributed by atoms with E-state index in [-0.39, 0.29) is 0 Å². The van der Waals surface area contributed by atoms with Crippen LogP contribution in [0.4, 0.5) is 5.69 Å². The molecular formula is C12H18N2. The second kappa shape index (κ2) is 5.45. The number of nitrogen functional groups attached to an aromatic ring is 1. The van der Waals surface area contributed by atoms with Crippen LogP contribution in [0.1, 0.15) is 17.5 Å². The number of benzene rings is 1. The molecule has 0 atom stereocenters. The highest BCUT2D eigenvalue weighted by Crippen LogP contribution is 2.12. The first-order valence-corrected chi connectivity index (χ1v) is 4.90. The Hall–Kier alpha value is -1.28. The third-order valence-electron chi connectivity index (χ3n) is 1.99. The summed E-state index contributed by atoms with van der Waals surface area (Å²) in [5.41, 5.74) is 8.96. The van der Waals surface area contributed by atoms with E-state index >= 15 is 0 Å². The zero-order valence-electron chi connectivity index (χ0n) is 8.88. The van der Waals surface area contributed by atoms with E-state index < -0.39 is 0 Å². The molecule has 3 N–H and O–H groups in total. The van der Waals surface area contributed by atoms with Gasteiger partial charge in [-0.2, -0.15) is 0 Å². The minimum atomic E-state index is 0.832. The van der Waals surface area contributed by atoms with Crippen LogP contribution in [0.3, 0.4) is 0 Å². The third-order valence-corrected chi connectivity index (χ3v) is 1.99. The number of nitrogens with one attached hydrogen (secondary N) is 1. The molecule has 0 aliphatic heterocycles. The topological polar surface area (TPSA) is 38.0 Å². The lowest BCUT2D eigenvalue weighted by molar-refractivity contribution is 0.809. The minimum absolute atomic E-state index is 0.832. The van der Waals surface area contributed by atoms with Gasteiger partial charge in [0.1, 0.15) is 0 Å². The maximum absolute atomic E-state index is 5.74. The van der Waals surface area contributed by atoms with Gasteiger partial charge in [0.05, 0.1) is 0 Å². The summed E-state index contributed by atoms with van der Waals surface area (Å²) in [5, 5.41) is 3.10. The molecule has 1 aromatic rings. The summed E-state index contributed by atoms with van der Waals surface area (Å²) in [6.45, 7) is 3.07. The van der Waals surface area contributed by atoms with Gasteiger partial charge < -0.3 is 11.1 Å². The molecule has 0 heterocycles. The van der Waals surface area contributed by atoms with Crippen molar-refractivity contribution < 1.29 is 0 Å². The fraction of sp³-hybridized carbons (Fsp3) is 0.333. The highest BCUT2D eigenvalue weighted by molar-refractivity contribution is 5.57. The van der Waals surface area contributed by atoms with Crippen LogP contribution in [-0.4, -0.2) is 13.6 Å². The molecule has 0 spiro atoms. The number of rotatable bonds is 4. The molecule has 0 radical (unpaired) electrons. The van der Waals surface area contributed by atoms with Gasteiger partial charge in [-0.3, -0.25) is 0 Å². The lowest BCUT2D eigenvalue weighted by atomic mass is 10.1. The summed E-state index contributed by atoms with van der Waals surface area (Å²) >= 11 is 0. The van der Waals surface area contributed by atoms with Crippen molar-refractivity contribution in [3.8, 4) is 0 Å². The SMILES string of the molecule is CNCCC=Cc1cc(C)cc(N)c1. The van der Waals surface area contributed by atoms with Crippen molar-refractivity contribution in [2.24, 2.45) is 0 Å². The average molecular weight is 190 g/mol. The van der Waals surface area contributed by atoms with Gasteiger partial charge in [-0.05, 0) is 50.2 Å².